The van der Waals surface area contributed by atoms with E-state index in [9.17, 15) is 14.4 Å². The van der Waals surface area contributed by atoms with Crippen LogP contribution in [0.1, 0.15) is 49.7 Å². The van der Waals surface area contributed by atoms with E-state index in [1.807, 2.05) is 24.3 Å². The Morgan fingerprint density at radius 1 is 1.03 bits per heavy atom. The van der Waals surface area contributed by atoms with E-state index in [1.165, 1.54) is 22.3 Å². The van der Waals surface area contributed by atoms with Crippen molar-refractivity contribution < 1.29 is 24.2 Å². The molecule has 1 fully saturated rings. The fourth-order valence-corrected chi connectivity index (χ4v) is 4.90. The van der Waals surface area contributed by atoms with Gasteiger partial charge < -0.3 is 20.1 Å². The molecule has 7 heteroatoms. The van der Waals surface area contributed by atoms with Crippen LogP contribution in [-0.2, 0) is 14.3 Å². The van der Waals surface area contributed by atoms with E-state index >= 15 is 0 Å². The molecule has 2 aromatic rings. The molecular formula is C27H32N2O5. The van der Waals surface area contributed by atoms with Gasteiger partial charge in [0, 0.05) is 32.0 Å². The van der Waals surface area contributed by atoms with Crippen molar-refractivity contribution in [1.29, 1.82) is 0 Å². The molecule has 180 valence electrons. The third kappa shape index (κ3) is 5.24. The van der Waals surface area contributed by atoms with Gasteiger partial charge in [0.25, 0.3) is 0 Å². The van der Waals surface area contributed by atoms with Crippen molar-refractivity contribution in [2.45, 2.75) is 38.5 Å². The van der Waals surface area contributed by atoms with Gasteiger partial charge in [0.1, 0.15) is 6.61 Å². The Hall–Kier alpha value is -3.35. The van der Waals surface area contributed by atoms with Crippen LogP contribution in [0.25, 0.3) is 11.1 Å². The number of carboxylic acids is 1. The number of carbonyl (C=O) groups excluding carboxylic acids is 2. The molecule has 2 aromatic carbocycles. The first-order valence-corrected chi connectivity index (χ1v) is 12.1. The van der Waals surface area contributed by atoms with Crippen molar-refractivity contribution in [3.8, 4) is 11.1 Å². The zero-order chi connectivity index (χ0) is 24.1. The summed E-state index contributed by atoms with van der Waals surface area (Å²) in [6.07, 6.45) is 2.41. The van der Waals surface area contributed by atoms with Crippen molar-refractivity contribution in [1.82, 2.24) is 10.2 Å². The van der Waals surface area contributed by atoms with Crippen LogP contribution in [0.4, 0.5) is 4.79 Å². The summed E-state index contributed by atoms with van der Waals surface area (Å²) >= 11 is 0. The maximum Gasteiger partial charge on any atom is 0.407 e. The van der Waals surface area contributed by atoms with Crippen molar-refractivity contribution in [3.05, 3.63) is 59.7 Å². The number of alkyl carbamates (subject to hydrolysis) is 1. The number of likely N-dealkylation sites (tertiary alicyclic amines) is 1. The first-order valence-electron chi connectivity index (χ1n) is 12.1. The van der Waals surface area contributed by atoms with E-state index in [1.54, 1.807) is 4.90 Å². The molecule has 0 radical (unpaired) electrons. The third-order valence-electron chi connectivity index (χ3n) is 7.09. The summed E-state index contributed by atoms with van der Waals surface area (Å²) in [7, 11) is 0. The fraction of sp³-hybridized carbons (Fsp3) is 0.444. The van der Waals surface area contributed by atoms with Gasteiger partial charge in [-0.2, -0.15) is 0 Å². The van der Waals surface area contributed by atoms with Gasteiger partial charge in [0.2, 0.25) is 5.91 Å². The second-order valence-corrected chi connectivity index (χ2v) is 9.19. The number of rotatable bonds is 10. The minimum absolute atomic E-state index is 0.0143. The number of carboxylic acid groups (broad SMARTS) is 1. The summed E-state index contributed by atoms with van der Waals surface area (Å²) in [5, 5.41) is 11.8. The predicted molar refractivity (Wildman–Crippen MR) is 128 cm³/mol. The molecule has 1 aliphatic carbocycles. The van der Waals surface area contributed by atoms with Crippen LogP contribution in [0.3, 0.4) is 0 Å². The van der Waals surface area contributed by atoms with Gasteiger partial charge in [0.15, 0.2) is 0 Å². The second kappa shape index (κ2) is 10.7. The highest BCUT2D eigenvalue weighted by atomic mass is 16.5. The normalized spacial score (nSPS) is 15.7. The molecule has 4 rings (SSSR count). The van der Waals surface area contributed by atoms with Crippen LogP contribution >= 0.6 is 0 Å². The van der Waals surface area contributed by atoms with Gasteiger partial charge in [-0.1, -0.05) is 61.9 Å². The zero-order valence-electron chi connectivity index (χ0n) is 19.5. The number of hydrogen-bond donors (Lipinski definition) is 2. The van der Waals surface area contributed by atoms with Crippen LogP contribution in [-0.4, -0.2) is 54.2 Å². The first-order chi connectivity index (χ1) is 16.5. The fourth-order valence-electron chi connectivity index (χ4n) is 4.90. The van der Waals surface area contributed by atoms with Crippen LogP contribution in [0, 0.1) is 11.8 Å². The molecule has 7 nitrogen and oxygen atoms in total. The molecule has 34 heavy (non-hydrogen) atoms. The highest BCUT2D eigenvalue weighted by Gasteiger charge is 2.35. The van der Waals surface area contributed by atoms with Crippen LogP contribution in [0.5, 0.6) is 0 Å². The lowest BCUT2D eigenvalue weighted by Crippen LogP contribution is -2.53. The van der Waals surface area contributed by atoms with Crippen molar-refractivity contribution in [2.75, 3.05) is 26.2 Å². The molecule has 2 amide bonds. The molecule has 1 unspecified atom stereocenters. The lowest BCUT2D eigenvalue weighted by atomic mass is 9.94. The van der Waals surface area contributed by atoms with Gasteiger partial charge in [0.05, 0.1) is 5.92 Å². The molecule has 1 atom stereocenters. The maximum absolute atomic E-state index is 12.3. The molecule has 1 heterocycles. The minimum atomic E-state index is -0.838. The van der Waals surface area contributed by atoms with E-state index in [0.717, 1.165) is 19.3 Å². The molecule has 2 aliphatic rings. The van der Waals surface area contributed by atoms with E-state index in [4.69, 9.17) is 9.84 Å². The Kier molecular flexibility index (Phi) is 7.50. The van der Waals surface area contributed by atoms with Crippen LogP contribution in [0.2, 0.25) is 0 Å². The SMILES string of the molecule is CCC(CCNC(=O)OCC1c2ccccc2-c2ccccc21)CCC(=O)N1CC(C(=O)O)C1. The molecule has 0 saturated carbocycles. The van der Waals surface area contributed by atoms with Gasteiger partial charge in [-0.05, 0) is 41.0 Å². The molecule has 0 spiro atoms. The number of nitrogens with one attached hydrogen (secondary N) is 1. The number of ether oxygens (including phenoxy) is 1. The lowest BCUT2D eigenvalue weighted by Gasteiger charge is -2.37. The Morgan fingerprint density at radius 3 is 2.24 bits per heavy atom. The van der Waals surface area contributed by atoms with Crippen molar-refractivity contribution >= 4 is 18.0 Å². The summed E-state index contributed by atoms with van der Waals surface area (Å²) in [5.74, 6) is -0.897. The zero-order valence-corrected chi connectivity index (χ0v) is 19.5. The number of aliphatic carboxylic acids is 1. The smallest absolute Gasteiger partial charge is 0.407 e. The first kappa shape index (κ1) is 23.8. The highest BCUT2D eigenvalue weighted by Crippen LogP contribution is 2.44. The number of hydrogen-bond acceptors (Lipinski definition) is 4. The highest BCUT2D eigenvalue weighted by molar-refractivity contribution is 5.81. The topological polar surface area (TPSA) is 95.9 Å². The van der Waals surface area contributed by atoms with Gasteiger partial charge in [-0.3, -0.25) is 9.59 Å². The molecule has 0 bridgehead atoms. The van der Waals surface area contributed by atoms with E-state index in [0.29, 0.717) is 38.6 Å². The van der Waals surface area contributed by atoms with Crippen molar-refractivity contribution in [2.24, 2.45) is 11.8 Å². The number of nitrogens with zero attached hydrogens (tertiary/aromatic N) is 1. The second-order valence-electron chi connectivity index (χ2n) is 9.19. The molecule has 1 saturated heterocycles. The molecule has 1 aliphatic heterocycles. The quantitative estimate of drug-likeness (QED) is 0.548. The van der Waals surface area contributed by atoms with Gasteiger partial charge in [-0.25, -0.2) is 4.79 Å². The predicted octanol–water partition coefficient (Wildman–Crippen LogP) is 4.26. The maximum atomic E-state index is 12.3. The van der Waals surface area contributed by atoms with Crippen LogP contribution < -0.4 is 5.32 Å². The Balaban J connectivity index is 1.18. The van der Waals surface area contributed by atoms with Crippen molar-refractivity contribution in [3.63, 3.8) is 0 Å². The summed E-state index contributed by atoms with van der Waals surface area (Å²) in [6, 6.07) is 16.5. The number of fused-ring (bicyclic) bond motifs is 3. The van der Waals surface area contributed by atoms with E-state index in [2.05, 4.69) is 36.5 Å². The lowest BCUT2D eigenvalue weighted by molar-refractivity contribution is -0.152. The average Bonchev–Trinajstić information content (AvgIpc) is 3.12. The van der Waals surface area contributed by atoms with Crippen LogP contribution in [0.15, 0.2) is 48.5 Å². The Morgan fingerprint density at radius 2 is 1.65 bits per heavy atom. The molecule has 2 N–H and O–H groups in total. The summed E-state index contributed by atoms with van der Waals surface area (Å²) in [5.41, 5.74) is 4.77. The number of benzene rings is 2. The molecular weight excluding hydrogens is 432 g/mol. The average molecular weight is 465 g/mol. The summed E-state index contributed by atoms with van der Waals surface area (Å²) < 4.78 is 5.58. The standard InChI is InChI=1S/C27H32N2O5/c1-2-18(11-12-25(30)29-15-19(16-29)26(31)32)13-14-28-27(33)34-17-24-22-9-5-3-7-20(22)21-8-4-6-10-23(21)24/h3-10,18-19,24H,2,11-17H2,1H3,(H,28,33)(H,31,32). The van der Waals surface area contributed by atoms with E-state index < -0.39 is 18.0 Å². The summed E-state index contributed by atoms with van der Waals surface area (Å²) in [6.45, 7) is 3.49. The largest absolute Gasteiger partial charge is 0.481 e. The van der Waals surface area contributed by atoms with E-state index in [-0.39, 0.29) is 11.8 Å². The summed E-state index contributed by atoms with van der Waals surface area (Å²) in [4.78, 5) is 37.1. The molecule has 0 aromatic heterocycles. The van der Waals surface area contributed by atoms with Gasteiger partial charge >= 0.3 is 12.1 Å². The minimum Gasteiger partial charge on any atom is -0.481 e. The Bertz CT molecular complexity index is 1000. The monoisotopic (exact) mass is 464 g/mol. The van der Waals surface area contributed by atoms with Gasteiger partial charge in [-0.15, -0.1) is 0 Å². The third-order valence-corrected chi connectivity index (χ3v) is 7.09. The number of amides is 2. The Labute approximate surface area is 200 Å². The number of carbonyl (C=O) groups is 3.